The zero-order valence-corrected chi connectivity index (χ0v) is 9.40. The van der Waals surface area contributed by atoms with E-state index in [9.17, 15) is 8.78 Å². The molecule has 2 rings (SSSR count). The van der Waals surface area contributed by atoms with E-state index in [0.29, 0.717) is 11.5 Å². The van der Waals surface area contributed by atoms with Crippen LogP contribution in [0.25, 0.3) is 0 Å². The van der Waals surface area contributed by atoms with Crippen LogP contribution >= 0.6 is 0 Å². The van der Waals surface area contributed by atoms with E-state index in [4.69, 9.17) is 4.84 Å². The van der Waals surface area contributed by atoms with Gasteiger partial charge in [-0.05, 0) is 24.5 Å². The van der Waals surface area contributed by atoms with Gasteiger partial charge in [0.05, 0.1) is 0 Å². The van der Waals surface area contributed by atoms with Gasteiger partial charge in [0.25, 0.3) is 6.43 Å². The summed E-state index contributed by atoms with van der Waals surface area (Å²) < 4.78 is 24.8. The van der Waals surface area contributed by atoms with Crippen molar-refractivity contribution in [1.29, 1.82) is 0 Å². The van der Waals surface area contributed by atoms with Crippen LogP contribution in [0, 0.1) is 5.92 Å². The third-order valence-corrected chi connectivity index (χ3v) is 2.84. The quantitative estimate of drug-likeness (QED) is 0.564. The number of hydrogen-bond acceptors (Lipinski definition) is 2. The molecule has 2 nitrogen and oxygen atoms in total. The fraction of sp³-hybridized carbons (Fsp3) is 0.462. The summed E-state index contributed by atoms with van der Waals surface area (Å²) in [5.74, 6) is 0.419. The Labute approximate surface area is 99.3 Å². The van der Waals surface area contributed by atoms with Crippen molar-refractivity contribution in [2.45, 2.75) is 32.3 Å². The topological polar surface area (TPSA) is 21.6 Å². The fourth-order valence-electron chi connectivity index (χ4n) is 1.57. The molecule has 1 aliphatic carbocycles. The molecule has 0 heterocycles. The van der Waals surface area contributed by atoms with Gasteiger partial charge in [-0.15, -0.1) is 0 Å². The van der Waals surface area contributed by atoms with E-state index in [2.05, 4.69) is 11.4 Å². The molecule has 1 aromatic carbocycles. The standard InChI is InChI=1S/C13H14F2NO/c14-13(15)12-6-2-5-11(7-12)9-17-16-8-10-3-1-4-10/h2,5-7,10,13H,1,3-4,9H2. The maximum absolute atomic E-state index is 12.4. The zero-order chi connectivity index (χ0) is 12.1. The van der Waals surface area contributed by atoms with Gasteiger partial charge >= 0.3 is 0 Å². The largest absolute Gasteiger partial charge is 0.391 e. The van der Waals surface area contributed by atoms with Crippen LogP contribution in [0.15, 0.2) is 29.4 Å². The molecule has 17 heavy (non-hydrogen) atoms. The molecule has 4 heteroatoms. The highest BCUT2D eigenvalue weighted by atomic mass is 19.3. The molecule has 0 saturated heterocycles. The molecule has 0 unspecified atom stereocenters. The first-order chi connectivity index (χ1) is 8.25. The maximum Gasteiger partial charge on any atom is 0.263 e. The van der Waals surface area contributed by atoms with Crippen LogP contribution in [-0.4, -0.2) is 6.21 Å². The molecule has 0 spiro atoms. The van der Waals surface area contributed by atoms with E-state index in [1.165, 1.54) is 18.6 Å². The number of alkyl halides is 2. The number of halogens is 2. The first-order valence-electron chi connectivity index (χ1n) is 5.70. The summed E-state index contributed by atoms with van der Waals surface area (Å²) in [5, 5.41) is 3.73. The molecule has 1 radical (unpaired) electrons. The van der Waals surface area contributed by atoms with Crippen molar-refractivity contribution < 1.29 is 13.6 Å². The minimum atomic E-state index is -2.44. The van der Waals surface area contributed by atoms with Gasteiger partial charge in [-0.3, -0.25) is 0 Å². The maximum atomic E-state index is 12.4. The average molecular weight is 238 g/mol. The Kier molecular flexibility index (Phi) is 4.07. The zero-order valence-electron chi connectivity index (χ0n) is 9.40. The molecule has 1 saturated carbocycles. The van der Waals surface area contributed by atoms with Crippen LogP contribution in [0.4, 0.5) is 8.78 Å². The summed E-state index contributed by atoms with van der Waals surface area (Å²) in [5.41, 5.74) is 0.708. The number of benzene rings is 1. The smallest absolute Gasteiger partial charge is 0.263 e. The van der Waals surface area contributed by atoms with Crippen molar-refractivity contribution in [2.24, 2.45) is 11.1 Å². The molecule has 0 atom stereocenters. The second-order valence-electron chi connectivity index (χ2n) is 4.17. The highest BCUT2D eigenvalue weighted by molar-refractivity contribution is 5.60. The molecule has 0 aromatic heterocycles. The summed E-state index contributed by atoms with van der Waals surface area (Å²) in [6.07, 6.45) is 3.90. The molecular formula is C13H14F2NO. The van der Waals surface area contributed by atoms with E-state index in [1.807, 2.05) is 0 Å². The first kappa shape index (κ1) is 12.0. The van der Waals surface area contributed by atoms with Crippen molar-refractivity contribution >= 4 is 6.21 Å². The van der Waals surface area contributed by atoms with Crippen molar-refractivity contribution in [3.05, 3.63) is 35.4 Å². The Balaban J connectivity index is 1.81. The highest BCUT2D eigenvalue weighted by Crippen LogP contribution is 2.24. The molecule has 1 aliphatic rings. The number of rotatable bonds is 5. The lowest BCUT2D eigenvalue weighted by Gasteiger charge is -2.18. The molecular weight excluding hydrogens is 224 g/mol. The van der Waals surface area contributed by atoms with Crippen LogP contribution in [0.2, 0.25) is 0 Å². The van der Waals surface area contributed by atoms with E-state index < -0.39 is 6.43 Å². The predicted octanol–water partition coefficient (Wildman–Crippen LogP) is 3.80. The van der Waals surface area contributed by atoms with Crippen LogP contribution in [-0.2, 0) is 11.4 Å². The SMILES string of the molecule is FC(F)c1cccc(CO/N=[C]\C2CCC2)c1. The Morgan fingerprint density at radius 2 is 2.24 bits per heavy atom. The van der Waals surface area contributed by atoms with E-state index in [1.54, 1.807) is 12.1 Å². The van der Waals surface area contributed by atoms with Crippen LogP contribution in [0.3, 0.4) is 0 Å². The third kappa shape index (κ3) is 3.51. The minimum Gasteiger partial charge on any atom is -0.391 e. The molecule has 1 fully saturated rings. The Hall–Kier alpha value is -1.45. The molecule has 0 N–H and O–H groups in total. The van der Waals surface area contributed by atoms with Crippen LogP contribution < -0.4 is 0 Å². The third-order valence-electron chi connectivity index (χ3n) is 2.84. The Morgan fingerprint density at radius 3 is 2.88 bits per heavy atom. The van der Waals surface area contributed by atoms with Gasteiger partial charge in [-0.25, -0.2) is 8.78 Å². The molecule has 91 valence electrons. The summed E-state index contributed by atoms with van der Waals surface area (Å²) >= 11 is 0. The second-order valence-corrected chi connectivity index (χ2v) is 4.17. The van der Waals surface area contributed by atoms with Crippen LogP contribution in [0.5, 0.6) is 0 Å². The summed E-state index contributed by atoms with van der Waals surface area (Å²) in [7, 11) is 0. The lowest BCUT2D eigenvalue weighted by molar-refractivity contribution is 0.128. The summed E-state index contributed by atoms with van der Waals surface area (Å²) in [6.45, 7) is 0.209. The van der Waals surface area contributed by atoms with Gasteiger partial charge in [0, 0.05) is 11.5 Å². The number of hydrogen-bond donors (Lipinski definition) is 0. The predicted molar refractivity (Wildman–Crippen MR) is 61.0 cm³/mol. The summed E-state index contributed by atoms with van der Waals surface area (Å²) in [4.78, 5) is 5.03. The van der Waals surface area contributed by atoms with Gasteiger partial charge in [-0.2, -0.15) is 0 Å². The van der Waals surface area contributed by atoms with Crippen LogP contribution in [0.1, 0.15) is 36.8 Å². The van der Waals surface area contributed by atoms with Gasteiger partial charge in [0.15, 0.2) is 0 Å². The Morgan fingerprint density at radius 1 is 1.41 bits per heavy atom. The molecule has 0 bridgehead atoms. The minimum absolute atomic E-state index is 0.0121. The van der Waals surface area contributed by atoms with E-state index in [-0.39, 0.29) is 12.2 Å². The van der Waals surface area contributed by atoms with Crippen molar-refractivity contribution in [2.75, 3.05) is 0 Å². The van der Waals surface area contributed by atoms with E-state index in [0.717, 1.165) is 12.8 Å². The lowest BCUT2D eigenvalue weighted by Crippen LogP contribution is -2.11. The number of nitrogens with zero attached hydrogens (tertiary/aromatic N) is 1. The van der Waals surface area contributed by atoms with Crippen molar-refractivity contribution in [3.63, 3.8) is 0 Å². The van der Waals surface area contributed by atoms with Gasteiger partial charge in [-0.1, -0.05) is 29.8 Å². The van der Waals surface area contributed by atoms with E-state index >= 15 is 0 Å². The fourth-order valence-corrected chi connectivity index (χ4v) is 1.57. The van der Waals surface area contributed by atoms with Gasteiger partial charge < -0.3 is 4.84 Å². The Bertz CT molecular complexity index is 389. The average Bonchev–Trinajstić information content (AvgIpc) is 2.27. The van der Waals surface area contributed by atoms with Gasteiger partial charge in [0.2, 0.25) is 0 Å². The van der Waals surface area contributed by atoms with Crippen molar-refractivity contribution in [1.82, 2.24) is 0 Å². The molecule has 1 aromatic rings. The first-order valence-corrected chi connectivity index (χ1v) is 5.70. The van der Waals surface area contributed by atoms with Gasteiger partial charge in [0.1, 0.15) is 12.8 Å². The molecule has 0 amide bonds. The summed E-state index contributed by atoms with van der Waals surface area (Å²) in [6, 6.07) is 6.17. The van der Waals surface area contributed by atoms with Crippen molar-refractivity contribution in [3.8, 4) is 0 Å². The monoisotopic (exact) mass is 238 g/mol. The second kappa shape index (κ2) is 5.75. The molecule has 0 aliphatic heterocycles. The normalized spacial score (nSPS) is 16.4. The lowest BCUT2D eigenvalue weighted by atomic mass is 9.87. The highest BCUT2D eigenvalue weighted by Gasteiger charge is 2.15.